The highest BCUT2D eigenvalue weighted by Gasteiger charge is 2.36. The predicted octanol–water partition coefficient (Wildman–Crippen LogP) is 2.87. The lowest BCUT2D eigenvalue weighted by Gasteiger charge is -2.35. The summed E-state index contributed by atoms with van der Waals surface area (Å²) >= 11 is 0. The number of nitrogens with one attached hydrogen (secondary N) is 1. The maximum atomic E-state index is 12.9. The Morgan fingerprint density at radius 2 is 1.81 bits per heavy atom. The second-order valence-corrected chi connectivity index (χ2v) is 8.57. The van der Waals surface area contributed by atoms with E-state index in [1.54, 1.807) is 31.2 Å². The normalized spacial score (nSPS) is 17.6. The zero-order valence-corrected chi connectivity index (χ0v) is 16.3. The summed E-state index contributed by atoms with van der Waals surface area (Å²) in [5, 5.41) is 2.99. The van der Waals surface area contributed by atoms with Crippen molar-refractivity contribution in [1.82, 2.24) is 5.32 Å². The third kappa shape index (κ3) is 4.08. The zero-order valence-electron chi connectivity index (χ0n) is 15.5. The Kier molecular flexibility index (Phi) is 5.70. The second-order valence-electron chi connectivity index (χ2n) is 6.39. The highest BCUT2D eigenvalue weighted by Crippen LogP contribution is 2.35. The summed E-state index contributed by atoms with van der Waals surface area (Å²) in [6, 6.07) is 16.4. The lowest BCUT2D eigenvalue weighted by Crippen LogP contribution is -2.51. The van der Waals surface area contributed by atoms with Crippen LogP contribution in [0, 0.1) is 0 Å². The maximum absolute atomic E-state index is 12.9. The van der Waals surface area contributed by atoms with Gasteiger partial charge >= 0.3 is 0 Å². The molecule has 0 saturated heterocycles. The maximum Gasteiger partial charge on any atom is 0.263 e. The lowest BCUT2D eigenvalue weighted by molar-refractivity contribution is -0.128. The molecule has 0 spiro atoms. The molecule has 3 rings (SSSR count). The van der Waals surface area contributed by atoms with Crippen LogP contribution < -0.4 is 14.4 Å². The SMILES string of the molecule is CC[C@H](NC(=O)[C@@H]1CN(S(=O)(=O)CC)c2ccccc2O1)c1ccccc1. The van der Waals surface area contributed by atoms with Gasteiger partial charge in [0.25, 0.3) is 5.91 Å². The average Bonchev–Trinajstić information content (AvgIpc) is 2.71. The Hall–Kier alpha value is -2.54. The number of hydrogen-bond acceptors (Lipinski definition) is 4. The highest BCUT2D eigenvalue weighted by atomic mass is 32.2. The van der Waals surface area contributed by atoms with E-state index in [-0.39, 0.29) is 24.2 Å². The van der Waals surface area contributed by atoms with E-state index in [2.05, 4.69) is 5.32 Å². The number of carbonyl (C=O) groups excluding carboxylic acids is 1. The van der Waals surface area contributed by atoms with Crippen molar-refractivity contribution >= 4 is 21.6 Å². The number of nitrogens with zero attached hydrogens (tertiary/aromatic N) is 1. The van der Waals surface area contributed by atoms with E-state index >= 15 is 0 Å². The van der Waals surface area contributed by atoms with Gasteiger partial charge in [0.1, 0.15) is 5.75 Å². The molecule has 0 saturated carbocycles. The van der Waals surface area contributed by atoms with Gasteiger partial charge in [0.05, 0.1) is 24.0 Å². The van der Waals surface area contributed by atoms with Gasteiger partial charge in [-0.15, -0.1) is 0 Å². The molecule has 0 radical (unpaired) electrons. The van der Waals surface area contributed by atoms with Crippen LogP contribution in [0.5, 0.6) is 5.75 Å². The Bertz CT molecular complexity index is 899. The van der Waals surface area contributed by atoms with E-state index in [9.17, 15) is 13.2 Å². The Balaban J connectivity index is 1.84. The van der Waals surface area contributed by atoms with E-state index in [1.807, 2.05) is 37.3 Å². The lowest BCUT2D eigenvalue weighted by atomic mass is 10.0. The number of benzene rings is 2. The molecule has 0 unspecified atom stereocenters. The van der Waals surface area contributed by atoms with Crippen LogP contribution in [0.15, 0.2) is 54.6 Å². The van der Waals surface area contributed by atoms with Crippen molar-refractivity contribution in [3.05, 3.63) is 60.2 Å². The Labute approximate surface area is 160 Å². The second kappa shape index (κ2) is 8.00. The van der Waals surface area contributed by atoms with Gasteiger partial charge in [0.2, 0.25) is 10.0 Å². The van der Waals surface area contributed by atoms with Crippen LogP contribution in [0.2, 0.25) is 0 Å². The largest absolute Gasteiger partial charge is 0.476 e. The molecule has 2 aromatic carbocycles. The molecule has 144 valence electrons. The summed E-state index contributed by atoms with van der Waals surface area (Å²) in [7, 11) is -3.51. The van der Waals surface area contributed by atoms with Crippen molar-refractivity contribution in [2.75, 3.05) is 16.6 Å². The summed E-state index contributed by atoms with van der Waals surface area (Å²) in [6.07, 6.45) is -0.185. The third-order valence-electron chi connectivity index (χ3n) is 4.65. The minimum absolute atomic E-state index is 0.0375. The van der Waals surface area contributed by atoms with Crippen LogP contribution in [0.1, 0.15) is 31.9 Å². The summed E-state index contributed by atoms with van der Waals surface area (Å²) in [4.78, 5) is 12.9. The minimum atomic E-state index is -3.51. The molecule has 0 bridgehead atoms. The first-order valence-electron chi connectivity index (χ1n) is 9.07. The first-order chi connectivity index (χ1) is 13.0. The first-order valence-corrected chi connectivity index (χ1v) is 10.7. The molecular formula is C20H24N2O4S. The molecule has 1 heterocycles. The Morgan fingerprint density at radius 1 is 1.15 bits per heavy atom. The number of fused-ring (bicyclic) bond motifs is 1. The molecular weight excluding hydrogens is 364 g/mol. The van der Waals surface area contributed by atoms with E-state index in [0.717, 1.165) is 12.0 Å². The molecule has 2 aromatic rings. The standard InChI is InChI=1S/C20H24N2O4S/c1-3-16(15-10-6-5-7-11-15)21-20(23)19-14-22(27(24,25)4-2)17-12-8-9-13-18(17)26-19/h5-13,16,19H,3-4,14H2,1-2H3,(H,21,23)/t16-,19-/m0/s1. The van der Waals surface area contributed by atoms with Crippen LogP contribution in [-0.4, -0.2) is 32.7 Å². The van der Waals surface area contributed by atoms with Crippen LogP contribution in [0.3, 0.4) is 0 Å². The van der Waals surface area contributed by atoms with Gasteiger partial charge < -0.3 is 10.1 Å². The highest BCUT2D eigenvalue weighted by molar-refractivity contribution is 7.92. The smallest absolute Gasteiger partial charge is 0.263 e. The van der Waals surface area contributed by atoms with Crippen molar-refractivity contribution < 1.29 is 17.9 Å². The van der Waals surface area contributed by atoms with Crippen LogP contribution in [0.25, 0.3) is 0 Å². The third-order valence-corrected chi connectivity index (χ3v) is 6.40. The molecule has 27 heavy (non-hydrogen) atoms. The average molecular weight is 388 g/mol. The van der Waals surface area contributed by atoms with Gasteiger partial charge in [-0.3, -0.25) is 9.10 Å². The summed E-state index contributed by atoms with van der Waals surface area (Å²) in [6.45, 7) is 3.54. The first kappa shape index (κ1) is 19.2. The van der Waals surface area contributed by atoms with Crippen molar-refractivity contribution in [2.24, 2.45) is 0 Å². The Morgan fingerprint density at radius 3 is 2.48 bits per heavy atom. The number of anilines is 1. The molecule has 0 fully saturated rings. The molecule has 1 N–H and O–H groups in total. The topological polar surface area (TPSA) is 75.7 Å². The van der Waals surface area contributed by atoms with Crippen molar-refractivity contribution in [3.63, 3.8) is 0 Å². The summed E-state index contributed by atoms with van der Waals surface area (Å²) in [5.74, 6) is 0.0299. The van der Waals surface area contributed by atoms with Gasteiger partial charge in [-0.2, -0.15) is 0 Å². The van der Waals surface area contributed by atoms with Gasteiger partial charge in [0, 0.05) is 0 Å². The number of para-hydroxylation sites is 2. The molecule has 7 heteroatoms. The van der Waals surface area contributed by atoms with Gasteiger partial charge in [-0.05, 0) is 31.0 Å². The fourth-order valence-electron chi connectivity index (χ4n) is 3.13. The fraction of sp³-hybridized carbons (Fsp3) is 0.350. The molecule has 6 nitrogen and oxygen atoms in total. The van der Waals surface area contributed by atoms with Crippen molar-refractivity contribution in [3.8, 4) is 5.75 Å². The van der Waals surface area contributed by atoms with Crippen molar-refractivity contribution in [1.29, 1.82) is 0 Å². The van der Waals surface area contributed by atoms with Gasteiger partial charge in [0.15, 0.2) is 6.10 Å². The summed E-state index contributed by atoms with van der Waals surface area (Å²) < 4.78 is 32.2. The molecule has 0 aliphatic carbocycles. The number of ether oxygens (including phenoxy) is 1. The number of amides is 1. The van der Waals surface area contributed by atoms with Crippen LogP contribution in [0.4, 0.5) is 5.69 Å². The molecule has 1 amide bonds. The molecule has 2 atom stereocenters. The van der Waals surface area contributed by atoms with E-state index < -0.39 is 16.1 Å². The number of rotatable bonds is 6. The van der Waals surface area contributed by atoms with Crippen LogP contribution in [-0.2, 0) is 14.8 Å². The van der Waals surface area contributed by atoms with Gasteiger partial charge in [-0.1, -0.05) is 49.4 Å². The molecule has 0 aromatic heterocycles. The minimum Gasteiger partial charge on any atom is -0.476 e. The zero-order chi connectivity index (χ0) is 19.4. The summed E-state index contributed by atoms with van der Waals surface area (Å²) in [5.41, 5.74) is 1.47. The predicted molar refractivity (Wildman–Crippen MR) is 105 cm³/mol. The molecule has 1 aliphatic rings. The number of hydrogen-bond donors (Lipinski definition) is 1. The number of carbonyl (C=O) groups is 1. The monoisotopic (exact) mass is 388 g/mol. The molecule has 1 aliphatic heterocycles. The number of sulfonamides is 1. The van der Waals surface area contributed by atoms with Gasteiger partial charge in [-0.25, -0.2) is 8.42 Å². The van der Waals surface area contributed by atoms with Crippen molar-refractivity contribution in [2.45, 2.75) is 32.4 Å². The fourth-order valence-corrected chi connectivity index (χ4v) is 4.25. The van der Waals surface area contributed by atoms with E-state index in [1.165, 1.54) is 4.31 Å². The van der Waals surface area contributed by atoms with E-state index in [4.69, 9.17) is 4.74 Å². The van der Waals surface area contributed by atoms with Crippen LogP contribution >= 0.6 is 0 Å². The van der Waals surface area contributed by atoms with E-state index in [0.29, 0.717) is 11.4 Å². The quantitative estimate of drug-likeness (QED) is 0.826.